The summed E-state index contributed by atoms with van der Waals surface area (Å²) in [7, 11) is 0. The van der Waals surface area contributed by atoms with E-state index in [1.807, 2.05) is 0 Å². The predicted octanol–water partition coefficient (Wildman–Crippen LogP) is 4.39. The van der Waals surface area contributed by atoms with Gasteiger partial charge in [0.15, 0.2) is 0 Å². The molecule has 12 heavy (non-hydrogen) atoms. The van der Waals surface area contributed by atoms with Gasteiger partial charge in [-0.15, -0.1) is 0 Å². The Labute approximate surface area is 77.7 Å². The summed E-state index contributed by atoms with van der Waals surface area (Å²) in [5.41, 5.74) is 1.23. The third kappa shape index (κ3) is 3.16. The van der Waals surface area contributed by atoms with Crippen molar-refractivity contribution >= 4 is 0 Å². The molecule has 0 unspecified atom stereocenters. The van der Waals surface area contributed by atoms with Gasteiger partial charge in [-0.3, -0.25) is 0 Å². The fourth-order valence-electron chi connectivity index (χ4n) is 2.16. The lowest BCUT2D eigenvalue weighted by Gasteiger charge is -2.28. The van der Waals surface area contributed by atoms with Gasteiger partial charge in [0.2, 0.25) is 0 Å². The molecule has 0 nitrogen and oxygen atoms in total. The molecule has 0 amide bonds. The number of hydrogen-bond acceptors (Lipinski definition) is 0. The van der Waals surface area contributed by atoms with Crippen molar-refractivity contribution < 1.29 is 0 Å². The van der Waals surface area contributed by atoms with Gasteiger partial charge in [0.1, 0.15) is 0 Å². The number of rotatable bonds is 2. The molecule has 1 aliphatic rings. The maximum atomic E-state index is 2.48. The average molecular weight is 168 g/mol. The lowest BCUT2D eigenvalue weighted by molar-refractivity contribution is 0.240. The van der Waals surface area contributed by atoms with Crippen molar-refractivity contribution in [3.8, 4) is 0 Å². The van der Waals surface area contributed by atoms with E-state index < -0.39 is 0 Å². The van der Waals surface area contributed by atoms with Crippen LogP contribution in [0, 0.1) is 10.8 Å². The van der Waals surface area contributed by atoms with Gasteiger partial charge >= 0.3 is 0 Å². The standard InChI is InChI=1S/C12H24/c1-11(2,3)9-10-12(4)7-5-6-8-12/h5-10H2,1-4H3. The second-order valence-electron chi connectivity index (χ2n) is 6.08. The molecular weight excluding hydrogens is 144 g/mol. The van der Waals surface area contributed by atoms with E-state index in [2.05, 4.69) is 27.7 Å². The van der Waals surface area contributed by atoms with Crippen LogP contribution in [0.5, 0.6) is 0 Å². The second-order valence-corrected chi connectivity index (χ2v) is 6.08. The van der Waals surface area contributed by atoms with Crippen LogP contribution >= 0.6 is 0 Å². The Bertz CT molecular complexity index is 133. The zero-order valence-corrected chi connectivity index (χ0v) is 9.24. The minimum Gasteiger partial charge on any atom is -0.0602 e. The van der Waals surface area contributed by atoms with Crippen LogP contribution in [0.2, 0.25) is 0 Å². The molecule has 1 saturated carbocycles. The largest absolute Gasteiger partial charge is 0.0602 e. The molecule has 1 fully saturated rings. The van der Waals surface area contributed by atoms with Crippen LogP contribution in [0.1, 0.15) is 66.2 Å². The molecule has 0 radical (unpaired) electrons. The summed E-state index contributed by atoms with van der Waals surface area (Å²) >= 11 is 0. The Hall–Kier alpha value is 0. The molecule has 0 aromatic heterocycles. The van der Waals surface area contributed by atoms with Crippen molar-refractivity contribution in [2.75, 3.05) is 0 Å². The average Bonchev–Trinajstić information content (AvgIpc) is 2.32. The minimum atomic E-state index is 0.533. The van der Waals surface area contributed by atoms with E-state index in [9.17, 15) is 0 Å². The highest BCUT2D eigenvalue weighted by Crippen LogP contribution is 2.43. The van der Waals surface area contributed by atoms with Crippen molar-refractivity contribution in [1.82, 2.24) is 0 Å². The maximum Gasteiger partial charge on any atom is -0.0326 e. The van der Waals surface area contributed by atoms with Gasteiger partial charge < -0.3 is 0 Å². The SMILES string of the molecule is CC(C)(C)CCC1(C)CCCC1. The van der Waals surface area contributed by atoms with E-state index in [4.69, 9.17) is 0 Å². The predicted molar refractivity (Wildman–Crippen MR) is 55.3 cm³/mol. The smallest absolute Gasteiger partial charge is 0.0326 e. The molecule has 0 N–H and O–H groups in total. The zero-order chi connectivity index (χ0) is 9.24. The molecule has 0 saturated heterocycles. The fourth-order valence-corrected chi connectivity index (χ4v) is 2.16. The molecule has 0 atom stereocenters. The molecule has 0 aromatic rings. The van der Waals surface area contributed by atoms with Gasteiger partial charge in [0.25, 0.3) is 0 Å². The molecule has 0 aromatic carbocycles. The van der Waals surface area contributed by atoms with Crippen LogP contribution in [0.25, 0.3) is 0 Å². The van der Waals surface area contributed by atoms with E-state index in [1.54, 1.807) is 0 Å². The van der Waals surface area contributed by atoms with Crippen LogP contribution in [0.3, 0.4) is 0 Å². The summed E-state index contributed by atoms with van der Waals surface area (Å²) in [4.78, 5) is 0. The van der Waals surface area contributed by atoms with Gasteiger partial charge in [-0.05, 0) is 36.5 Å². The van der Waals surface area contributed by atoms with Crippen LogP contribution in [0.15, 0.2) is 0 Å². The summed E-state index contributed by atoms with van der Waals surface area (Å²) in [6.45, 7) is 9.54. The van der Waals surface area contributed by atoms with Gasteiger partial charge in [-0.25, -0.2) is 0 Å². The molecule has 1 rings (SSSR count). The van der Waals surface area contributed by atoms with Gasteiger partial charge in [-0.2, -0.15) is 0 Å². The molecule has 72 valence electrons. The van der Waals surface area contributed by atoms with Crippen molar-refractivity contribution in [2.45, 2.75) is 66.2 Å². The molecule has 1 aliphatic carbocycles. The first-order valence-electron chi connectivity index (χ1n) is 5.41. The highest BCUT2D eigenvalue weighted by Gasteiger charge is 2.29. The van der Waals surface area contributed by atoms with E-state index in [0.717, 1.165) is 0 Å². The number of hydrogen-bond donors (Lipinski definition) is 0. The van der Waals surface area contributed by atoms with E-state index >= 15 is 0 Å². The molecule has 0 aliphatic heterocycles. The summed E-state index contributed by atoms with van der Waals surface area (Å²) in [5, 5.41) is 0. The highest BCUT2D eigenvalue weighted by molar-refractivity contribution is 4.81. The summed E-state index contributed by atoms with van der Waals surface area (Å²) in [6, 6.07) is 0. The molecule has 0 spiro atoms. The van der Waals surface area contributed by atoms with Crippen LogP contribution in [-0.2, 0) is 0 Å². The van der Waals surface area contributed by atoms with Crippen LogP contribution in [-0.4, -0.2) is 0 Å². The van der Waals surface area contributed by atoms with Gasteiger partial charge in [0, 0.05) is 0 Å². The van der Waals surface area contributed by atoms with E-state index in [0.29, 0.717) is 10.8 Å². The summed E-state index contributed by atoms with van der Waals surface area (Å²) in [6.07, 6.45) is 8.73. The Balaban J connectivity index is 2.30. The monoisotopic (exact) mass is 168 g/mol. The van der Waals surface area contributed by atoms with Crippen LogP contribution in [0.4, 0.5) is 0 Å². The van der Waals surface area contributed by atoms with Crippen LogP contribution < -0.4 is 0 Å². The lowest BCUT2D eigenvalue weighted by Crippen LogP contribution is -2.15. The quantitative estimate of drug-likeness (QED) is 0.573. The van der Waals surface area contributed by atoms with Crippen molar-refractivity contribution in [1.29, 1.82) is 0 Å². The second kappa shape index (κ2) is 3.40. The Kier molecular flexibility index (Phi) is 2.85. The first kappa shape index (κ1) is 10.1. The van der Waals surface area contributed by atoms with Crippen molar-refractivity contribution in [2.24, 2.45) is 10.8 Å². The maximum absolute atomic E-state index is 2.48. The van der Waals surface area contributed by atoms with E-state index in [-0.39, 0.29) is 0 Å². The van der Waals surface area contributed by atoms with Crippen molar-refractivity contribution in [3.63, 3.8) is 0 Å². The molecule has 0 heterocycles. The Morgan fingerprint density at radius 1 is 1.08 bits per heavy atom. The van der Waals surface area contributed by atoms with Gasteiger partial charge in [0.05, 0.1) is 0 Å². The third-order valence-corrected chi connectivity index (χ3v) is 3.29. The third-order valence-electron chi connectivity index (χ3n) is 3.29. The summed E-state index contributed by atoms with van der Waals surface area (Å²) < 4.78 is 0. The van der Waals surface area contributed by atoms with E-state index in [1.165, 1.54) is 38.5 Å². The summed E-state index contributed by atoms with van der Waals surface area (Å²) in [5.74, 6) is 0. The first-order valence-corrected chi connectivity index (χ1v) is 5.41. The molecule has 0 heteroatoms. The highest BCUT2D eigenvalue weighted by atomic mass is 14.3. The Morgan fingerprint density at radius 2 is 1.58 bits per heavy atom. The Morgan fingerprint density at radius 3 is 2.00 bits per heavy atom. The van der Waals surface area contributed by atoms with Crippen molar-refractivity contribution in [3.05, 3.63) is 0 Å². The first-order chi connectivity index (χ1) is 5.41. The minimum absolute atomic E-state index is 0.533. The normalized spacial score (nSPS) is 23.0. The molecule has 0 bridgehead atoms. The molecular formula is C12H24. The fraction of sp³-hybridized carbons (Fsp3) is 1.00. The lowest BCUT2D eigenvalue weighted by atomic mass is 9.78. The zero-order valence-electron chi connectivity index (χ0n) is 9.24. The topological polar surface area (TPSA) is 0 Å². The van der Waals surface area contributed by atoms with Gasteiger partial charge in [-0.1, -0.05) is 40.5 Å².